The molecule has 0 bridgehead atoms. The van der Waals surface area contributed by atoms with Crippen molar-refractivity contribution in [3.8, 4) is 0 Å². The third-order valence-electron chi connectivity index (χ3n) is 4.84. The number of rotatable bonds is 3. The number of hydrogen-bond acceptors (Lipinski definition) is 3. The number of nitrogens with one attached hydrogen (secondary N) is 1. The lowest BCUT2D eigenvalue weighted by molar-refractivity contribution is 0.0998. The van der Waals surface area contributed by atoms with Crippen LogP contribution in [0.1, 0.15) is 37.9 Å². The van der Waals surface area contributed by atoms with Crippen molar-refractivity contribution >= 4 is 0 Å². The summed E-state index contributed by atoms with van der Waals surface area (Å²) in [4.78, 5) is 7.06. The molecule has 1 aliphatic heterocycles. The maximum absolute atomic E-state index is 4.42. The van der Waals surface area contributed by atoms with Crippen LogP contribution in [0.3, 0.4) is 0 Å². The molecule has 1 aliphatic carbocycles. The van der Waals surface area contributed by atoms with E-state index in [9.17, 15) is 0 Å². The van der Waals surface area contributed by atoms with Crippen molar-refractivity contribution in [2.75, 3.05) is 26.2 Å². The molecule has 2 fully saturated rings. The molecule has 1 spiro atoms. The molecule has 0 amide bonds. The van der Waals surface area contributed by atoms with Gasteiger partial charge < -0.3 is 9.88 Å². The average Bonchev–Trinajstić information content (AvgIpc) is 2.83. The maximum Gasteiger partial charge on any atom is 0.109 e. The van der Waals surface area contributed by atoms with Crippen molar-refractivity contribution in [2.45, 2.75) is 44.1 Å². The van der Waals surface area contributed by atoms with Crippen LogP contribution in [0.25, 0.3) is 0 Å². The van der Waals surface area contributed by atoms with E-state index >= 15 is 0 Å². The van der Waals surface area contributed by atoms with Gasteiger partial charge in [0.2, 0.25) is 0 Å². The summed E-state index contributed by atoms with van der Waals surface area (Å²) in [5.41, 5.74) is 0.429. The summed E-state index contributed by atoms with van der Waals surface area (Å²) in [6, 6.07) is 0. The molecule has 2 aliphatic rings. The number of aryl methyl sites for hydroxylation is 1. The topological polar surface area (TPSA) is 33.1 Å². The smallest absolute Gasteiger partial charge is 0.109 e. The van der Waals surface area contributed by atoms with E-state index in [2.05, 4.69) is 26.8 Å². The van der Waals surface area contributed by atoms with E-state index in [4.69, 9.17) is 0 Å². The van der Waals surface area contributed by atoms with Crippen LogP contribution in [0.2, 0.25) is 0 Å². The second kappa shape index (κ2) is 5.63. The highest BCUT2D eigenvalue weighted by molar-refractivity contribution is 4.98. The van der Waals surface area contributed by atoms with Crippen molar-refractivity contribution in [1.82, 2.24) is 19.8 Å². The highest BCUT2D eigenvalue weighted by atomic mass is 15.2. The first-order chi connectivity index (χ1) is 9.27. The van der Waals surface area contributed by atoms with Crippen LogP contribution in [-0.2, 0) is 13.5 Å². The van der Waals surface area contributed by atoms with Crippen molar-refractivity contribution in [3.63, 3.8) is 0 Å². The van der Waals surface area contributed by atoms with E-state index < -0.39 is 0 Å². The summed E-state index contributed by atoms with van der Waals surface area (Å²) in [5.74, 6) is 1.20. The zero-order chi connectivity index (χ0) is 13.1. The summed E-state index contributed by atoms with van der Waals surface area (Å²) >= 11 is 0. The van der Waals surface area contributed by atoms with E-state index in [1.54, 1.807) is 0 Å². The molecule has 4 nitrogen and oxygen atoms in total. The Bertz CT molecular complexity index is 401. The van der Waals surface area contributed by atoms with E-state index in [1.807, 2.05) is 12.4 Å². The normalized spacial score (nSPS) is 23.8. The zero-order valence-electron chi connectivity index (χ0n) is 12.1. The summed E-state index contributed by atoms with van der Waals surface area (Å²) in [7, 11) is 2.09. The van der Waals surface area contributed by atoms with E-state index in [0.717, 1.165) is 19.5 Å². The molecule has 106 valence electrons. The minimum absolute atomic E-state index is 0.429. The second-order valence-corrected chi connectivity index (χ2v) is 6.25. The van der Waals surface area contributed by atoms with Gasteiger partial charge in [-0.1, -0.05) is 19.3 Å². The van der Waals surface area contributed by atoms with Crippen molar-refractivity contribution in [3.05, 3.63) is 18.2 Å². The molecule has 0 aromatic carbocycles. The predicted molar refractivity (Wildman–Crippen MR) is 77.2 cm³/mol. The molecule has 1 N–H and O–H groups in total. The molecular weight excluding hydrogens is 236 g/mol. The van der Waals surface area contributed by atoms with Gasteiger partial charge in [-0.3, -0.25) is 4.90 Å². The number of imidazole rings is 1. The Hall–Kier alpha value is -0.870. The van der Waals surface area contributed by atoms with Gasteiger partial charge in [-0.15, -0.1) is 0 Å². The fourth-order valence-corrected chi connectivity index (χ4v) is 3.69. The van der Waals surface area contributed by atoms with Gasteiger partial charge in [0, 0.05) is 57.6 Å². The lowest BCUT2D eigenvalue weighted by Crippen LogP contribution is -2.61. The van der Waals surface area contributed by atoms with Gasteiger partial charge >= 0.3 is 0 Å². The molecule has 2 heterocycles. The summed E-state index contributed by atoms with van der Waals surface area (Å²) < 4.78 is 2.14. The molecule has 0 unspecified atom stereocenters. The Morgan fingerprint density at radius 3 is 2.89 bits per heavy atom. The SMILES string of the molecule is Cn1ccnc1CCN1CCNC2(CCCCC2)C1. The lowest BCUT2D eigenvalue weighted by Gasteiger charge is -2.46. The van der Waals surface area contributed by atoms with Gasteiger partial charge in [0.05, 0.1) is 0 Å². The molecule has 1 aromatic rings. The summed E-state index contributed by atoms with van der Waals surface area (Å²) in [5, 5.41) is 3.81. The Morgan fingerprint density at radius 2 is 2.16 bits per heavy atom. The fourth-order valence-electron chi connectivity index (χ4n) is 3.69. The standard InChI is InChI=1S/C15H26N4/c1-18-11-8-16-14(18)5-10-19-12-9-17-15(13-19)6-3-2-4-7-15/h8,11,17H,2-7,9-10,12-13H2,1H3. The van der Waals surface area contributed by atoms with Crippen LogP contribution >= 0.6 is 0 Å². The molecule has 19 heavy (non-hydrogen) atoms. The predicted octanol–water partition coefficient (Wildman–Crippen LogP) is 1.57. The molecular formula is C15H26N4. The third kappa shape index (κ3) is 3.00. The van der Waals surface area contributed by atoms with Crippen LogP contribution in [0.5, 0.6) is 0 Å². The van der Waals surface area contributed by atoms with Gasteiger partial charge in [0.25, 0.3) is 0 Å². The molecule has 0 atom stereocenters. The number of aromatic nitrogens is 2. The molecule has 0 radical (unpaired) electrons. The molecule has 1 saturated heterocycles. The molecule has 3 rings (SSSR count). The minimum atomic E-state index is 0.429. The van der Waals surface area contributed by atoms with Crippen LogP contribution in [0, 0.1) is 0 Å². The Labute approximate surface area is 116 Å². The largest absolute Gasteiger partial charge is 0.338 e. The first-order valence-electron chi connectivity index (χ1n) is 7.71. The van der Waals surface area contributed by atoms with Crippen LogP contribution in [0.4, 0.5) is 0 Å². The van der Waals surface area contributed by atoms with E-state index in [-0.39, 0.29) is 0 Å². The van der Waals surface area contributed by atoms with E-state index in [1.165, 1.54) is 51.0 Å². The van der Waals surface area contributed by atoms with Gasteiger partial charge in [-0.25, -0.2) is 4.98 Å². The molecule has 1 aromatic heterocycles. The number of nitrogens with zero attached hydrogens (tertiary/aromatic N) is 3. The second-order valence-electron chi connectivity index (χ2n) is 6.25. The minimum Gasteiger partial charge on any atom is -0.338 e. The Morgan fingerprint density at radius 1 is 1.32 bits per heavy atom. The monoisotopic (exact) mass is 262 g/mol. The first kappa shape index (κ1) is 13.1. The summed E-state index contributed by atoms with van der Waals surface area (Å²) in [6.45, 7) is 4.72. The van der Waals surface area contributed by atoms with Gasteiger partial charge in [-0.2, -0.15) is 0 Å². The maximum atomic E-state index is 4.42. The third-order valence-corrected chi connectivity index (χ3v) is 4.84. The van der Waals surface area contributed by atoms with Crippen molar-refractivity contribution in [2.24, 2.45) is 7.05 Å². The Balaban J connectivity index is 1.55. The fraction of sp³-hybridized carbons (Fsp3) is 0.800. The van der Waals surface area contributed by atoms with E-state index in [0.29, 0.717) is 5.54 Å². The quantitative estimate of drug-likeness (QED) is 0.897. The average molecular weight is 262 g/mol. The lowest BCUT2D eigenvalue weighted by atomic mass is 9.80. The van der Waals surface area contributed by atoms with Crippen molar-refractivity contribution < 1.29 is 0 Å². The number of hydrogen-bond donors (Lipinski definition) is 1. The van der Waals surface area contributed by atoms with Gasteiger partial charge in [-0.05, 0) is 12.8 Å². The summed E-state index contributed by atoms with van der Waals surface area (Å²) in [6.07, 6.45) is 12.0. The first-order valence-corrected chi connectivity index (χ1v) is 7.71. The van der Waals surface area contributed by atoms with Crippen LogP contribution in [-0.4, -0.2) is 46.2 Å². The number of piperazine rings is 1. The molecule has 4 heteroatoms. The van der Waals surface area contributed by atoms with Crippen LogP contribution in [0.15, 0.2) is 12.4 Å². The van der Waals surface area contributed by atoms with Gasteiger partial charge in [0.1, 0.15) is 5.82 Å². The zero-order valence-corrected chi connectivity index (χ0v) is 12.1. The van der Waals surface area contributed by atoms with Crippen molar-refractivity contribution in [1.29, 1.82) is 0 Å². The highest BCUT2D eigenvalue weighted by Gasteiger charge is 2.35. The van der Waals surface area contributed by atoms with Gasteiger partial charge in [0.15, 0.2) is 0 Å². The highest BCUT2D eigenvalue weighted by Crippen LogP contribution is 2.30. The molecule has 1 saturated carbocycles. The van der Waals surface area contributed by atoms with Crippen LogP contribution < -0.4 is 5.32 Å². The Kier molecular flexibility index (Phi) is 3.89.